The Kier molecular flexibility index (Phi) is 10.2. The molecule has 2 saturated heterocycles. The average Bonchev–Trinajstić information content (AvgIpc) is 3.76. The summed E-state index contributed by atoms with van der Waals surface area (Å²) in [5.41, 5.74) is -0.184. The Hall–Kier alpha value is -3.27. The SMILES string of the molecule is CC(C)(C)OC(=O)N[C@@H]1CCN(c2nc(CCC(=O)[C@@H]3CCCN3S(=O)(=O)c3ccc(Cl)s3)cc(-c3ccc(C(F)(F)F)cc3)n2)C1. The summed E-state index contributed by atoms with van der Waals surface area (Å²) in [6.07, 6.45) is -3.38. The van der Waals surface area contributed by atoms with Gasteiger partial charge in [-0.05, 0) is 76.8 Å². The van der Waals surface area contributed by atoms with Crippen LogP contribution in [-0.4, -0.2) is 71.9 Å². The van der Waals surface area contributed by atoms with Gasteiger partial charge in [-0.1, -0.05) is 23.7 Å². The molecule has 3 aromatic rings. The quantitative estimate of drug-likeness (QED) is 0.273. The number of ketones is 1. The van der Waals surface area contributed by atoms with Crippen LogP contribution in [0.5, 0.6) is 0 Å². The number of carbonyl (C=O) groups excluding carboxylic acids is 2. The number of ether oxygens (including phenoxy) is 1. The highest BCUT2D eigenvalue weighted by Crippen LogP contribution is 2.34. The first kappa shape index (κ1) is 35.0. The van der Waals surface area contributed by atoms with Crippen molar-refractivity contribution >= 4 is 50.8 Å². The maximum Gasteiger partial charge on any atom is 0.416 e. The van der Waals surface area contributed by atoms with Gasteiger partial charge in [0.25, 0.3) is 10.0 Å². The first-order valence-electron chi connectivity index (χ1n) is 15.1. The zero-order valence-corrected chi connectivity index (χ0v) is 28.4. The van der Waals surface area contributed by atoms with Crippen molar-refractivity contribution in [2.45, 2.75) is 80.9 Å². The van der Waals surface area contributed by atoms with Gasteiger partial charge in [-0.3, -0.25) is 4.79 Å². The number of carbonyl (C=O) groups is 2. The van der Waals surface area contributed by atoms with Crippen LogP contribution in [0.15, 0.2) is 46.7 Å². The minimum absolute atomic E-state index is 0.00634. The normalized spacial score (nSPS) is 19.3. The molecule has 47 heavy (non-hydrogen) atoms. The number of sulfonamides is 1. The molecule has 0 aliphatic carbocycles. The number of Topliss-reactive ketones (excluding diaryl/α,β-unsaturated/α-hetero) is 1. The minimum Gasteiger partial charge on any atom is -0.444 e. The van der Waals surface area contributed by atoms with Crippen molar-refractivity contribution in [1.82, 2.24) is 19.6 Å². The molecule has 2 aliphatic heterocycles. The fourth-order valence-electron chi connectivity index (χ4n) is 5.58. The third kappa shape index (κ3) is 8.61. The lowest BCUT2D eigenvalue weighted by atomic mass is 10.0. The van der Waals surface area contributed by atoms with Crippen LogP contribution >= 0.6 is 22.9 Å². The van der Waals surface area contributed by atoms with E-state index < -0.39 is 39.5 Å². The molecule has 2 fully saturated rings. The van der Waals surface area contributed by atoms with E-state index in [2.05, 4.69) is 15.3 Å². The predicted octanol–water partition coefficient (Wildman–Crippen LogP) is 6.34. The van der Waals surface area contributed by atoms with Crippen molar-refractivity contribution in [2.24, 2.45) is 0 Å². The Balaban J connectivity index is 1.35. The lowest BCUT2D eigenvalue weighted by molar-refractivity contribution is -0.137. The Morgan fingerprint density at radius 2 is 1.79 bits per heavy atom. The van der Waals surface area contributed by atoms with Crippen LogP contribution in [0.4, 0.5) is 23.9 Å². The first-order valence-corrected chi connectivity index (χ1v) is 17.7. The fourth-order valence-corrected chi connectivity index (χ4v) is 8.87. The van der Waals surface area contributed by atoms with E-state index in [1.165, 1.54) is 28.6 Å². The molecular weight excluding hydrogens is 679 g/mol. The Morgan fingerprint density at radius 3 is 2.43 bits per heavy atom. The summed E-state index contributed by atoms with van der Waals surface area (Å²) in [6, 6.07) is 8.11. The van der Waals surface area contributed by atoms with E-state index in [1.807, 2.05) is 4.90 Å². The molecule has 0 spiro atoms. The molecule has 2 aliphatic rings. The van der Waals surface area contributed by atoms with Crippen LogP contribution < -0.4 is 10.2 Å². The summed E-state index contributed by atoms with van der Waals surface area (Å²) < 4.78 is 73.2. The molecule has 5 rings (SSSR count). The molecule has 1 amide bonds. The van der Waals surface area contributed by atoms with E-state index in [-0.39, 0.29) is 35.4 Å². The standard InChI is InChI=1S/C31H35ClF3N5O5S2/c1-30(2,3)45-29(42)37-22-14-16-39(18-22)28-36-21(17-23(38-28)19-6-8-20(9-7-19)31(33,34)35)10-11-25(41)24-5-4-15-40(24)47(43,44)27-13-12-26(32)46-27/h6-9,12-13,17,22,24H,4-5,10-11,14-16,18H2,1-3H3,(H,37,42)/t22-,24+/m1/s1. The smallest absolute Gasteiger partial charge is 0.416 e. The van der Waals surface area contributed by atoms with E-state index in [4.69, 9.17) is 16.3 Å². The van der Waals surface area contributed by atoms with Crippen molar-refractivity contribution in [1.29, 1.82) is 0 Å². The molecule has 1 N–H and O–H groups in total. The number of alkyl halides is 3. The highest BCUT2D eigenvalue weighted by molar-refractivity contribution is 7.91. The number of amides is 1. The van der Waals surface area contributed by atoms with Gasteiger partial charge in [0.15, 0.2) is 5.78 Å². The molecule has 0 unspecified atom stereocenters. The van der Waals surface area contributed by atoms with E-state index in [0.29, 0.717) is 59.6 Å². The average molecular weight is 714 g/mol. The molecule has 10 nitrogen and oxygen atoms in total. The number of anilines is 1. The predicted molar refractivity (Wildman–Crippen MR) is 172 cm³/mol. The van der Waals surface area contributed by atoms with Gasteiger partial charge in [0, 0.05) is 37.3 Å². The lowest BCUT2D eigenvalue weighted by Crippen LogP contribution is -2.40. The number of nitrogens with one attached hydrogen (secondary N) is 1. The van der Waals surface area contributed by atoms with Gasteiger partial charge in [0.2, 0.25) is 5.95 Å². The minimum atomic E-state index is -4.50. The molecule has 0 bridgehead atoms. The molecule has 0 radical (unpaired) electrons. The summed E-state index contributed by atoms with van der Waals surface area (Å²) in [5, 5.41) is 2.85. The van der Waals surface area contributed by atoms with Gasteiger partial charge in [-0.25, -0.2) is 23.2 Å². The number of hydrogen-bond donors (Lipinski definition) is 1. The second kappa shape index (κ2) is 13.7. The van der Waals surface area contributed by atoms with Crippen LogP contribution in [0.1, 0.15) is 57.7 Å². The highest BCUT2D eigenvalue weighted by atomic mass is 35.5. The van der Waals surface area contributed by atoms with Gasteiger partial charge in [0.05, 0.1) is 27.7 Å². The summed E-state index contributed by atoms with van der Waals surface area (Å²) in [7, 11) is -3.90. The summed E-state index contributed by atoms with van der Waals surface area (Å²) in [6.45, 7) is 6.39. The largest absolute Gasteiger partial charge is 0.444 e. The van der Waals surface area contributed by atoms with E-state index in [1.54, 1.807) is 26.8 Å². The van der Waals surface area contributed by atoms with Crippen molar-refractivity contribution in [3.8, 4) is 11.3 Å². The van der Waals surface area contributed by atoms with Gasteiger partial charge in [-0.2, -0.15) is 17.5 Å². The Bertz CT molecular complexity index is 1730. The first-order chi connectivity index (χ1) is 22.0. The monoisotopic (exact) mass is 713 g/mol. The Labute approximate surface area is 280 Å². The molecule has 16 heteroatoms. The van der Waals surface area contributed by atoms with Crippen LogP contribution in [0.3, 0.4) is 0 Å². The number of halogens is 4. The number of rotatable bonds is 9. The fraction of sp³-hybridized carbons (Fsp3) is 0.484. The number of thiophene rings is 1. The van der Waals surface area contributed by atoms with Gasteiger partial charge in [0.1, 0.15) is 9.81 Å². The second-order valence-corrected chi connectivity index (χ2v) is 16.3. The summed E-state index contributed by atoms with van der Waals surface area (Å²) in [4.78, 5) is 37.0. The topological polar surface area (TPSA) is 122 Å². The molecule has 4 heterocycles. The number of nitrogens with zero attached hydrogens (tertiary/aromatic N) is 4. The van der Waals surface area contributed by atoms with Crippen molar-refractivity contribution in [2.75, 3.05) is 24.5 Å². The second-order valence-electron chi connectivity index (χ2n) is 12.5. The zero-order chi connectivity index (χ0) is 34.1. The summed E-state index contributed by atoms with van der Waals surface area (Å²) >= 11 is 6.90. The highest BCUT2D eigenvalue weighted by Gasteiger charge is 2.40. The third-order valence-electron chi connectivity index (χ3n) is 7.78. The number of aryl methyl sites for hydroxylation is 1. The number of alkyl carbamates (subject to hydrolysis) is 1. The van der Waals surface area contributed by atoms with E-state index in [0.717, 1.165) is 23.5 Å². The van der Waals surface area contributed by atoms with Crippen LogP contribution in [0, 0.1) is 0 Å². The van der Waals surface area contributed by atoms with E-state index in [9.17, 15) is 31.2 Å². The van der Waals surface area contributed by atoms with Crippen LogP contribution in [0.2, 0.25) is 4.34 Å². The van der Waals surface area contributed by atoms with Gasteiger partial charge >= 0.3 is 12.3 Å². The van der Waals surface area contributed by atoms with Crippen molar-refractivity contribution < 1.29 is 35.9 Å². The molecule has 254 valence electrons. The van der Waals surface area contributed by atoms with E-state index >= 15 is 0 Å². The Morgan fingerprint density at radius 1 is 1.06 bits per heavy atom. The van der Waals surface area contributed by atoms with Crippen molar-refractivity contribution in [3.63, 3.8) is 0 Å². The molecule has 1 aromatic carbocycles. The zero-order valence-electron chi connectivity index (χ0n) is 26.0. The molecule has 0 saturated carbocycles. The van der Waals surface area contributed by atoms with Gasteiger partial charge in [-0.15, -0.1) is 11.3 Å². The molecular formula is C31H35ClF3N5O5S2. The summed E-state index contributed by atoms with van der Waals surface area (Å²) in [5.74, 6) is 0.0470. The third-order valence-corrected chi connectivity index (χ3v) is 11.4. The molecule has 2 atom stereocenters. The maximum atomic E-state index is 13.4. The van der Waals surface area contributed by atoms with Crippen LogP contribution in [-0.2, 0) is 32.2 Å². The lowest BCUT2D eigenvalue weighted by Gasteiger charge is -2.23. The van der Waals surface area contributed by atoms with Crippen molar-refractivity contribution in [3.05, 3.63) is 58.1 Å². The number of benzene rings is 1. The molecule has 2 aromatic heterocycles. The number of aromatic nitrogens is 2. The van der Waals surface area contributed by atoms with Crippen LogP contribution in [0.25, 0.3) is 11.3 Å². The maximum absolute atomic E-state index is 13.4. The number of hydrogen-bond acceptors (Lipinski definition) is 9. The van der Waals surface area contributed by atoms with Gasteiger partial charge < -0.3 is 15.0 Å².